The van der Waals surface area contributed by atoms with E-state index in [1.807, 2.05) is 6.92 Å². The van der Waals surface area contributed by atoms with Crippen molar-refractivity contribution < 1.29 is 4.84 Å². The molecule has 0 aromatic carbocycles. The lowest BCUT2D eigenvalue weighted by Crippen LogP contribution is -2.38. The molecular weight excluding hydrogens is 146 g/mol. The average Bonchev–Trinajstić information content (AvgIpc) is 2.55. The second-order valence-corrected chi connectivity index (χ2v) is 2.09. The molecule has 0 radical (unpaired) electrons. The summed E-state index contributed by atoms with van der Waals surface area (Å²) >= 11 is 0. The maximum Gasteiger partial charge on any atom is 0.151 e. The lowest BCUT2D eigenvalue weighted by molar-refractivity contribution is 0.122. The molecule has 6 nitrogen and oxygen atoms in total. The van der Waals surface area contributed by atoms with Crippen molar-refractivity contribution in [1.82, 2.24) is 20.3 Å². The van der Waals surface area contributed by atoms with Crippen molar-refractivity contribution in [2.75, 3.05) is 5.28 Å². The standard InChI is InChI=1S/C5H7N5O/c1-5-2-8-10(11-5)9-3-6-7-4-9/h2-4,8H,1H3. The first-order valence-corrected chi connectivity index (χ1v) is 3.12. The predicted molar refractivity (Wildman–Crippen MR) is 36.2 cm³/mol. The summed E-state index contributed by atoms with van der Waals surface area (Å²) in [5.74, 6) is 0.790. The number of rotatable bonds is 1. The summed E-state index contributed by atoms with van der Waals surface area (Å²) in [6.07, 6.45) is 4.79. The minimum atomic E-state index is 0.790. The number of hydrogen-bond acceptors (Lipinski definition) is 5. The van der Waals surface area contributed by atoms with Gasteiger partial charge in [0, 0.05) is 0 Å². The number of hydrogen-bond donors (Lipinski definition) is 1. The van der Waals surface area contributed by atoms with Crippen LogP contribution in [0.1, 0.15) is 6.92 Å². The fourth-order valence-electron chi connectivity index (χ4n) is 0.738. The van der Waals surface area contributed by atoms with Crippen molar-refractivity contribution in [3.05, 3.63) is 24.6 Å². The zero-order chi connectivity index (χ0) is 7.68. The van der Waals surface area contributed by atoms with Crippen LogP contribution in [0.15, 0.2) is 24.6 Å². The second kappa shape index (κ2) is 2.15. The number of allylic oxidation sites excluding steroid dienone is 1. The molecule has 1 aliphatic heterocycles. The third kappa shape index (κ3) is 0.977. The van der Waals surface area contributed by atoms with Crippen molar-refractivity contribution in [3.63, 3.8) is 0 Å². The van der Waals surface area contributed by atoms with Gasteiger partial charge in [0.1, 0.15) is 12.7 Å². The van der Waals surface area contributed by atoms with E-state index in [4.69, 9.17) is 4.84 Å². The van der Waals surface area contributed by atoms with Crippen LogP contribution < -0.4 is 10.7 Å². The van der Waals surface area contributed by atoms with Crippen LogP contribution in [-0.2, 0) is 4.84 Å². The molecule has 0 saturated heterocycles. The van der Waals surface area contributed by atoms with Crippen molar-refractivity contribution in [2.24, 2.45) is 0 Å². The molecule has 58 valence electrons. The Kier molecular flexibility index (Phi) is 1.18. The van der Waals surface area contributed by atoms with Gasteiger partial charge in [-0.3, -0.25) is 5.43 Å². The first kappa shape index (κ1) is 6.02. The molecule has 1 aliphatic rings. The normalized spacial score (nSPS) is 15.7. The van der Waals surface area contributed by atoms with E-state index in [0.717, 1.165) is 5.76 Å². The van der Waals surface area contributed by atoms with Gasteiger partial charge in [-0.05, 0) is 12.2 Å². The summed E-state index contributed by atoms with van der Waals surface area (Å²) in [5, 5.41) is 8.65. The molecule has 0 bridgehead atoms. The monoisotopic (exact) mass is 153 g/mol. The number of hydrazine groups is 1. The van der Waals surface area contributed by atoms with E-state index in [0.29, 0.717) is 0 Å². The van der Waals surface area contributed by atoms with E-state index < -0.39 is 0 Å². The van der Waals surface area contributed by atoms with Gasteiger partial charge in [-0.1, -0.05) is 0 Å². The van der Waals surface area contributed by atoms with Gasteiger partial charge >= 0.3 is 0 Å². The molecule has 0 fully saturated rings. The fraction of sp³-hybridized carbons (Fsp3) is 0.200. The van der Waals surface area contributed by atoms with Crippen molar-refractivity contribution in [1.29, 1.82) is 0 Å². The SMILES string of the molecule is CC1=CNN(n2cnnc2)O1. The van der Waals surface area contributed by atoms with E-state index in [-0.39, 0.29) is 0 Å². The first-order chi connectivity index (χ1) is 5.36. The van der Waals surface area contributed by atoms with Gasteiger partial charge in [-0.2, -0.15) is 4.68 Å². The van der Waals surface area contributed by atoms with Gasteiger partial charge in [-0.25, -0.2) is 0 Å². The number of nitrogens with one attached hydrogen (secondary N) is 1. The van der Waals surface area contributed by atoms with Crippen molar-refractivity contribution in [3.8, 4) is 0 Å². The van der Waals surface area contributed by atoms with Crippen LogP contribution in [0, 0.1) is 0 Å². The second-order valence-electron chi connectivity index (χ2n) is 2.09. The Labute approximate surface area is 63.0 Å². The van der Waals surface area contributed by atoms with Crippen LogP contribution in [0.25, 0.3) is 0 Å². The number of aromatic nitrogens is 3. The molecule has 0 aliphatic carbocycles. The molecule has 1 aromatic heterocycles. The summed E-state index contributed by atoms with van der Waals surface area (Å²) in [5.41, 5.74) is 2.84. The highest BCUT2D eigenvalue weighted by Crippen LogP contribution is 2.03. The highest BCUT2D eigenvalue weighted by atomic mass is 16.8. The zero-order valence-corrected chi connectivity index (χ0v) is 5.93. The first-order valence-electron chi connectivity index (χ1n) is 3.12. The summed E-state index contributed by atoms with van der Waals surface area (Å²) < 4.78 is 1.58. The third-order valence-electron chi connectivity index (χ3n) is 1.23. The van der Waals surface area contributed by atoms with Crippen molar-refractivity contribution in [2.45, 2.75) is 6.92 Å². The third-order valence-corrected chi connectivity index (χ3v) is 1.23. The Bertz CT molecular complexity index is 266. The zero-order valence-electron chi connectivity index (χ0n) is 5.93. The summed E-state index contributed by atoms with van der Waals surface area (Å²) in [7, 11) is 0. The minimum Gasteiger partial charge on any atom is -0.347 e. The van der Waals surface area contributed by atoms with E-state index in [1.54, 1.807) is 10.9 Å². The van der Waals surface area contributed by atoms with Crippen LogP contribution in [0.2, 0.25) is 0 Å². The Hall–Kier alpha value is -1.72. The predicted octanol–water partition coefficient (Wildman–Crippen LogP) is -0.473. The van der Waals surface area contributed by atoms with Gasteiger partial charge in [-0.15, -0.1) is 10.2 Å². The Balaban J connectivity index is 2.11. The van der Waals surface area contributed by atoms with E-state index in [2.05, 4.69) is 15.6 Å². The van der Waals surface area contributed by atoms with Gasteiger partial charge in [0.25, 0.3) is 0 Å². The molecule has 11 heavy (non-hydrogen) atoms. The van der Waals surface area contributed by atoms with Gasteiger partial charge in [0.2, 0.25) is 0 Å². The smallest absolute Gasteiger partial charge is 0.151 e. The topological polar surface area (TPSA) is 55.2 Å². The molecule has 2 rings (SSSR count). The van der Waals surface area contributed by atoms with Crippen LogP contribution in [0.5, 0.6) is 0 Å². The van der Waals surface area contributed by atoms with Gasteiger partial charge < -0.3 is 4.84 Å². The molecule has 0 saturated carbocycles. The van der Waals surface area contributed by atoms with E-state index >= 15 is 0 Å². The van der Waals surface area contributed by atoms with Crippen LogP contribution in [0.3, 0.4) is 0 Å². The molecule has 2 heterocycles. The maximum absolute atomic E-state index is 5.17. The maximum atomic E-state index is 5.17. The Morgan fingerprint density at radius 3 is 2.73 bits per heavy atom. The molecule has 6 heteroatoms. The van der Waals surface area contributed by atoms with Crippen molar-refractivity contribution >= 4 is 0 Å². The molecule has 0 amide bonds. The lowest BCUT2D eigenvalue weighted by atomic mass is 10.6. The highest BCUT2D eigenvalue weighted by Gasteiger charge is 2.11. The number of nitrogens with zero attached hydrogens (tertiary/aromatic N) is 4. The molecule has 0 unspecified atom stereocenters. The Morgan fingerprint density at radius 1 is 1.45 bits per heavy atom. The van der Waals surface area contributed by atoms with Gasteiger partial charge in [0.15, 0.2) is 5.76 Å². The Morgan fingerprint density at radius 2 is 2.18 bits per heavy atom. The van der Waals surface area contributed by atoms with Gasteiger partial charge in [0.05, 0.1) is 6.20 Å². The molecular formula is C5H7N5O. The minimum absolute atomic E-state index is 0.790. The van der Waals surface area contributed by atoms with Crippen LogP contribution >= 0.6 is 0 Å². The van der Waals surface area contributed by atoms with Crippen LogP contribution in [-0.4, -0.2) is 14.9 Å². The summed E-state index contributed by atoms with van der Waals surface area (Å²) in [4.78, 5) is 5.17. The molecule has 0 atom stereocenters. The lowest BCUT2D eigenvalue weighted by Gasteiger charge is -2.15. The average molecular weight is 153 g/mol. The molecule has 0 spiro atoms. The summed E-state index contributed by atoms with van der Waals surface area (Å²) in [6, 6.07) is 0. The van der Waals surface area contributed by atoms with E-state index in [1.165, 1.54) is 17.9 Å². The largest absolute Gasteiger partial charge is 0.347 e. The quantitative estimate of drug-likeness (QED) is 0.591. The summed E-state index contributed by atoms with van der Waals surface area (Å²) in [6.45, 7) is 1.84. The van der Waals surface area contributed by atoms with E-state index in [9.17, 15) is 0 Å². The fourth-order valence-corrected chi connectivity index (χ4v) is 0.738. The van der Waals surface area contributed by atoms with Crippen LogP contribution in [0.4, 0.5) is 0 Å². The molecule has 1 N–H and O–H groups in total. The highest BCUT2D eigenvalue weighted by molar-refractivity contribution is 4.96. The molecule has 1 aromatic rings.